The SMILES string of the molecule is CCN(CCNS(=O)(=O)c1ccnc(Cl)c1)C1CC1. The molecule has 2 rings (SSSR count). The number of hydrogen-bond donors (Lipinski definition) is 1. The molecule has 0 unspecified atom stereocenters. The summed E-state index contributed by atoms with van der Waals surface area (Å²) in [7, 11) is -3.49. The van der Waals surface area contributed by atoms with E-state index in [0.717, 1.165) is 13.1 Å². The molecule has 0 radical (unpaired) electrons. The molecule has 1 aromatic heterocycles. The minimum absolute atomic E-state index is 0.155. The van der Waals surface area contributed by atoms with Crippen LogP contribution in [-0.2, 0) is 10.0 Å². The summed E-state index contributed by atoms with van der Waals surface area (Å²) < 4.78 is 26.6. The Labute approximate surface area is 119 Å². The number of aromatic nitrogens is 1. The molecule has 0 aromatic carbocycles. The van der Waals surface area contributed by atoms with Crippen molar-refractivity contribution in [3.63, 3.8) is 0 Å². The lowest BCUT2D eigenvalue weighted by molar-refractivity contribution is 0.282. The second-order valence-electron chi connectivity index (χ2n) is 4.57. The van der Waals surface area contributed by atoms with Crippen LogP contribution in [0, 0.1) is 0 Å². The van der Waals surface area contributed by atoms with Gasteiger partial charge in [0.1, 0.15) is 5.15 Å². The molecular weight excluding hydrogens is 286 g/mol. The first-order valence-electron chi connectivity index (χ1n) is 6.38. The topological polar surface area (TPSA) is 62.3 Å². The summed E-state index contributed by atoms with van der Waals surface area (Å²) in [5.74, 6) is 0. The number of halogens is 1. The number of nitrogens with one attached hydrogen (secondary N) is 1. The third-order valence-electron chi connectivity index (χ3n) is 3.17. The largest absolute Gasteiger partial charge is 0.299 e. The third-order valence-corrected chi connectivity index (χ3v) is 4.83. The number of pyridine rings is 1. The second-order valence-corrected chi connectivity index (χ2v) is 6.73. The van der Waals surface area contributed by atoms with E-state index in [1.807, 2.05) is 0 Å². The molecule has 1 aliphatic rings. The molecule has 106 valence electrons. The molecule has 1 aromatic rings. The van der Waals surface area contributed by atoms with Gasteiger partial charge in [-0.2, -0.15) is 0 Å². The summed E-state index contributed by atoms with van der Waals surface area (Å²) >= 11 is 5.70. The van der Waals surface area contributed by atoms with Crippen molar-refractivity contribution in [2.45, 2.75) is 30.7 Å². The molecule has 0 bridgehead atoms. The smallest absolute Gasteiger partial charge is 0.240 e. The van der Waals surface area contributed by atoms with Crippen molar-refractivity contribution >= 4 is 21.6 Å². The van der Waals surface area contributed by atoms with E-state index in [1.54, 1.807) is 0 Å². The monoisotopic (exact) mass is 303 g/mol. The first-order valence-corrected chi connectivity index (χ1v) is 8.24. The van der Waals surface area contributed by atoms with Crippen LogP contribution < -0.4 is 4.72 Å². The van der Waals surface area contributed by atoms with E-state index in [-0.39, 0.29) is 10.0 Å². The molecule has 0 spiro atoms. The maximum Gasteiger partial charge on any atom is 0.240 e. The fourth-order valence-corrected chi connectivity index (χ4v) is 3.27. The predicted molar refractivity (Wildman–Crippen MR) is 74.7 cm³/mol. The lowest BCUT2D eigenvalue weighted by Crippen LogP contribution is -2.36. The van der Waals surface area contributed by atoms with Gasteiger partial charge in [-0.05, 0) is 31.5 Å². The Bertz CT molecular complexity index is 532. The molecule has 7 heteroatoms. The van der Waals surface area contributed by atoms with Crippen LogP contribution in [-0.4, -0.2) is 44.0 Å². The van der Waals surface area contributed by atoms with E-state index < -0.39 is 10.0 Å². The average Bonchev–Trinajstić information content (AvgIpc) is 3.19. The van der Waals surface area contributed by atoms with Gasteiger partial charge in [-0.3, -0.25) is 4.90 Å². The van der Waals surface area contributed by atoms with Gasteiger partial charge >= 0.3 is 0 Å². The Balaban J connectivity index is 1.90. The first kappa shape index (κ1) is 14.7. The molecule has 1 heterocycles. The van der Waals surface area contributed by atoms with E-state index in [9.17, 15) is 8.42 Å². The van der Waals surface area contributed by atoms with Crippen LogP contribution in [0.5, 0.6) is 0 Å². The van der Waals surface area contributed by atoms with Crippen LogP contribution in [0.4, 0.5) is 0 Å². The molecule has 0 aliphatic heterocycles. The molecule has 5 nitrogen and oxygen atoms in total. The van der Waals surface area contributed by atoms with Crippen molar-refractivity contribution in [1.29, 1.82) is 0 Å². The van der Waals surface area contributed by atoms with Crippen molar-refractivity contribution in [2.24, 2.45) is 0 Å². The highest BCUT2D eigenvalue weighted by atomic mass is 35.5. The average molecular weight is 304 g/mol. The Morgan fingerprint density at radius 3 is 2.84 bits per heavy atom. The van der Waals surface area contributed by atoms with Crippen LogP contribution in [0.2, 0.25) is 5.15 Å². The number of hydrogen-bond acceptors (Lipinski definition) is 4. The highest BCUT2D eigenvalue weighted by Gasteiger charge is 2.27. The van der Waals surface area contributed by atoms with Gasteiger partial charge in [0, 0.05) is 25.3 Å². The number of sulfonamides is 1. The van der Waals surface area contributed by atoms with Crippen molar-refractivity contribution in [3.05, 3.63) is 23.5 Å². The van der Waals surface area contributed by atoms with Gasteiger partial charge < -0.3 is 0 Å². The summed E-state index contributed by atoms with van der Waals surface area (Å²) in [4.78, 5) is 6.22. The molecule has 1 saturated carbocycles. The van der Waals surface area contributed by atoms with Crippen LogP contribution >= 0.6 is 11.6 Å². The lowest BCUT2D eigenvalue weighted by Gasteiger charge is -2.19. The summed E-state index contributed by atoms with van der Waals surface area (Å²) in [5, 5.41) is 0.177. The van der Waals surface area contributed by atoms with E-state index in [0.29, 0.717) is 12.6 Å². The fourth-order valence-electron chi connectivity index (χ4n) is 2.00. The molecule has 19 heavy (non-hydrogen) atoms. The van der Waals surface area contributed by atoms with Crippen LogP contribution in [0.1, 0.15) is 19.8 Å². The summed E-state index contributed by atoms with van der Waals surface area (Å²) in [6, 6.07) is 3.43. The first-order chi connectivity index (χ1) is 9.03. The zero-order valence-corrected chi connectivity index (χ0v) is 12.4. The van der Waals surface area contributed by atoms with E-state index in [2.05, 4.69) is 21.5 Å². The van der Waals surface area contributed by atoms with Crippen molar-refractivity contribution in [3.8, 4) is 0 Å². The van der Waals surface area contributed by atoms with Crippen LogP contribution in [0.25, 0.3) is 0 Å². The van der Waals surface area contributed by atoms with Crippen molar-refractivity contribution in [1.82, 2.24) is 14.6 Å². The summed E-state index contributed by atoms with van der Waals surface area (Å²) in [5.41, 5.74) is 0. The Kier molecular flexibility index (Phi) is 4.78. The minimum atomic E-state index is -3.49. The lowest BCUT2D eigenvalue weighted by atomic mass is 10.4. The zero-order valence-electron chi connectivity index (χ0n) is 10.8. The molecule has 0 saturated heterocycles. The summed E-state index contributed by atoms with van der Waals surface area (Å²) in [6.45, 7) is 4.19. The molecule has 0 amide bonds. The van der Waals surface area contributed by atoms with Gasteiger partial charge in [0.05, 0.1) is 4.90 Å². The normalized spacial score (nSPS) is 15.9. The van der Waals surface area contributed by atoms with Crippen molar-refractivity contribution < 1.29 is 8.42 Å². The standard InChI is InChI=1S/C12H18ClN3O2S/c1-2-16(10-3-4-10)8-7-15-19(17,18)11-5-6-14-12(13)9-11/h5-6,9-10,15H,2-4,7-8H2,1H3. The van der Waals surface area contributed by atoms with Gasteiger partial charge in [-0.15, -0.1) is 0 Å². The van der Waals surface area contributed by atoms with E-state index in [4.69, 9.17) is 11.6 Å². The Morgan fingerprint density at radius 2 is 2.26 bits per heavy atom. The molecule has 1 fully saturated rings. The number of rotatable bonds is 7. The third kappa shape index (κ3) is 4.14. The van der Waals surface area contributed by atoms with Gasteiger partial charge in [0.15, 0.2) is 0 Å². The van der Waals surface area contributed by atoms with E-state index in [1.165, 1.54) is 31.2 Å². The molecule has 1 N–H and O–H groups in total. The minimum Gasteiger partial charge on any atom is -0.299 e. The number of nitrogens with zero attached hydrogens (tertiary/aromatic N) is 2. The molecule has 0 atom stereocenters. The van der Waals surface area contributed by atoms with Crippen LogP contribution in [0.3, 0.4) is 0 Å². The highest BCUT2D eigenvalue weighted by molar-refractivity contribution is 7.89. The highest BCUT2D eigenvalue weighted by Crippen LogP contribution is 2.25. The second kappa shape index (κ2) is 6.17. The fraction of sp³-hybridized carbons (Fsp3) is 0.583. The van der Waals surface area contributed by atoms with Gasteiger partial charge in [-0.25, -0.2) is 18.1 Å². The maximum atomic E-state index is 12.0. The Hall–Kier alpha value is -0.690. The van der Waals surface area contributed by atoms with Gasteiger partial charge in [0.2, 0.25) is 10.0 Å². The van der Waals surface area contributed by atoms with Gasteiger partial charge in [-0.1, -0.05) is 18.5 Å². The number of likely N-dealkylation sites (N-methyl/N-ethyl adjacent to an activating group) is 1. The van der Waals surface area contributed by atoms with Crippen molar-refractivity contribution in [2.75, 3.05) is 19.6 Å². The zero-order chi connectivity index (χ0) is 13.9. The summed E-state index contributed by atoms with van der Waals surface area (Å²) in [6.07, 6.45) is 3.83. The quantitative estimate of drug-likeness (QED) is 0.775. The maximum absolute atomic E-state index is 12.0. The molecule has 1 aliphatic carbocycles. The molecular formula is C12H18ClN3O2S. The predicted octanol–water partition coefficient (Wildman–Crippen LogP) is 1.50. The van der Waals surface area contributed by atoms with E-state index >= 15 is 0 Å². The van der Waals surface area contributed by atoms with Gasteiger partial charge in [0.25, 0.3) is 0 Å². The van der Waals surface area contributed by atoms with Crippen LogP contribution in [0.15, 0.2) is 23.2 Å². The Morgan fingerprint density at radius 1 is 1.53 bits per heavy atom.